The summed E-state index contributed by atoms with van der Waals surface area (Å²) in [5.74, 6) is -0.923. The van der Waals surface area contributed by atoms with Crippen molar-refractivity contribution < 1.29 is 19.8 Å². The molecule has 16 heavy (non-hydrogen) atoms. The molecule has 4 nitrogen and oxygen atoms in total. The van der Waals surface area contributed by atoms with E-state index in [2.05, 4.69) is 6.92 Å². The molecule has 0 aromatic carbocycles. The Hall–Kier alpha value is -1.06. The van der Waals surface area contributed by atoms with Gasteiger partial charge in [0.05, 0.1) is 0 Å². The van der Waals surface area contributed by atoms with Gasteiger partial charge in [-0.05, 0) is 25.2 Å². The van der Waals surface area contributed by atoms with Gasteiger partial charge in [-0.2, -0.15) is 0 Å². The number of hydrogen-bond acceptors (Lipinski definition) is 2. The first-order valence-electron chi connectivity index (χ1n) is 5.99. The lowest BCUT2D eigenvalue weighted by Gasteiger charge is -2.13. The third-order valence-electron chi connectivity index (χ3n) is 2.83. The van der Waals surface area contributed by atoms with Crippen LogP contribution in [-0.4, -0.2) is 22.2 Å². The number of rotatable bonds is 10. The number of unbranched alkanes of at least 4 members (excludes halogenated alkanes) is 1. The summed E-state index contributed by atoms with van der Waals surface area (Å²) in [4.78, 5) is 20.6. The molecule has 0 spiro atoms. The number of aliphatic carboxylic acids is 2. The van der Waals surface area contributed by atoms with Crippen LogP contribution in [0.4, 0.5) is 0 Å². The number of carboxylic acids is 2. The molecule has 94 valence electrons. The Morgan fingerprint density at radius 1 is 0.938 bits per heavy atom. The Balaban J connectivity index is 3.51. The lowest BCUT2D eigenvalue weighted by atomic mass is 9.93. The number of carbonyl (C=O) groups is 2. The summed E-state index contributed by atoms with van der Waals surface area (Å²) < 4.78 is 0. The van der Waals surface area contributed by atoms with Gasteiger partial charge < -0.3 is 10.2 Å². The molecule has 2 N–H and O–H groups in total. The SMILES string of the molecule is CCC(CCCCC(=O)O)CCCC(=O)O. The molecular formula is C12H22O4. The normalized spacial score (nSPS) is 12.3. The topological polar surface area (TPSA) is 74.6 Å². The van der Waals surface area contributed by atoms with Gasteiger partial charge in [-0.15, -0.1) is 0 Å². The highest BCUT2D eigenvalue weighted by atomic mass is 16.4. The van der Waals surface area contributed by atoms with E-state index in [9.17, 15) is 9.59 Å². The van der Waals surface area contributed by atoms with Crippen molar-refractivity contribution in [3.63, 3.8) is 0 Å². The Labute approximate surface area is 96.7 Å². The van der Waals surface area contributed by atoms with E-state index in [0.717, 1.165) is 38.5 Å². The fourth-order valence-electron chi connectivity index (χ4n) is 1.80. The molecule has 0 rings (SSSR count). The first kappa shape index (κ1) is 14.9. The van der Waals surface area contributed by atoms with Crippen LogP contribution in [0.1, 0.15) is 58.3 Å². The fourth-order valence-corrected chi connectivity index (χ4v) is 1.80. The highest BCUT2D eigenvalue weighted by Crippen LogP contribution is 2.19. The second-order valence-electron chi connectivity index (χ2n) is 4.20. The molecule has 0 radical (unpaired) electrons. The zero-order valence-corrected chi connectivity index (χ0v) is 9.95. The Kier molecular flexibility index (Phi) is 8.58. The van der Waals surface area contributed by atoms with Gasteiger partial charge >= 0.3 is 11.9 Å². The predicted molar refractivity (Wildman–Crippen MR) is 61.4 cm³/mol. The standard InChI is InChI=1S/C12H22O4/c1-2-10(7-5-9-12(15)16)6-3-4-8-11(13)14/h10H,2-9H2,1H3,(H,13,14)(H,15,16). The minimum absolute atomic E-state index is 0.242. The average molecular weight is 230 g/mol. The van der Waals surface area contributed by atoms with Gasteiger partial charge in [0, 0.05) is 12.8 Å². The smallest absolute Gasteiger partial charge is 0.303 e. The highest BCUT2D eigenvalue weighted by molar-refractivity contribution is 5.66. The van der Waals surface area contributed by atoms with Gasteiger partial charge in [0.1, 0.15) is 0 Å². The van der Waals surface area contributed by atoms with Gasteiger partial charge in [-0.3, -0.25) is 9.59 Å². The molecule has 4 heteroatoms. The second-order valence-corrected chi connectivity index (χ2v) is 4.20. The van der Waals surface area contributed by atoms with Crippen LogP contribution in [0.25, 0.3) is 0 Å². The maximum atomic E-state index is 10.3. The zero-order chi connectivity index (χ0) is 12.4. The molecule has 1 atom stereocenters. The van der Waals surface area contributed by atoms with Crippen LogP contribution in [0.3, 0.4) is 0 Å². The van der Waals surface area contributed by atoms with Crippen molar-refractivity contribution in [1.82, 2.24) is 0 Å². The van der Waals surface area contributed by atoms with Gasteiger partial charge in [0.25, 0.3) is 0 Å². The quantitative estimate of drug-likeness (QED) is 0.566. The zero-order valence-electron chi connectivity index (χ0n) is 9.95. The van der Waals surface area contributed by atoms with Crippen LogP contribution in [0.15, 0.2) is 0 Å². The number of hydrogen-bond donors (Lipinski definition) is 2. The molecule has 0 aliphatic heterocycles. The van der Waals surface area contributed by atoms with Crippen molar-refractivity contribution in [2.24, 2.45) is 5.92 Å². The van der Waals surface area contributed by atoms with E-state index in [0.29, 0.717) is 5.92 Å². The molecule has 0 fully saturated rings. The molecule has 0 aliphatic carbocycles. The maximum absolute atomic E-state index is 10.3. The second kappa shape index (κ2) is 9.19. The average Bonchev–Trinajstić information content (AvgIpc) is 2.20. The molecule has 0 amide bonds. The van der Waals surface area contributed by atoms with Crippen molar-refractivity contribution >= 4 is 11.9 Å². The molecule has 0 heterocycles. The van der Waals surface area contributed by atoms with Gasteiger partial charge in [-0.1, -0.05) is 26.2 Å². The summed E-state index contributed by atoms with van der Waals surface area (Å²) >= 11 is 0. The first-order valence-corrected chi connectivity index (χ1v) is 5.99. The van der Waals surface area contributed by atoms with Crippen LogP contribution in [0, 0.1) is 5.92 Å². The third-order valence-corrected chi connectivity index (χ3v) is 2.83. The van der Waals surface area contributed by atoms with Gasteiger partial charge in [0.2, 0.25) is 0 Å². The van der Waals surface area contributed by atoms with Crippen molar-refractivity contribution in [3.8, 4) is 0 Å². The molecule has 0 saturated heterocycles. The fraction of sp³-hybridized carbons (Fsp3) is 0.833. The summed E-state index contributed by atoms with van der Waals surface area (Å²) in [5.41, 5.74) is 0. The molecule has 0 aromatic heterocycles. The lowest BCUT2D eigenvalue weighted by molar-refractivity contribution is -0.138. The Bertz CT molecular complexity index is 213. The first-order chi connectivity index (χ1) is 7.56. The van der Waals surface area contributed by atoms with Crippen molar-refractivity contribution in [2.75, 3.05) is 0 Å². The van der Waals surface area contributed by atoms with Crippen LogP contribution >= 0.6 is 0 Å². The van der Waals surface area contributed by atoms with Gasteiger partial charge in [0.15, 0.2) is 0 Å². The Morgan fingerprint density at radius 2 is 1.44 bits per heavy atom. The summed E-state index contributed by atoms with van der Waals surface area (Å²) in [6, 6.07) is 0. The maximum Gasteiger partial charge on any atom is 0.303 e. The molecule has 1 unspecified atom stereocenters. The molecular weight excluding hydrogens is 208 g/mol. The van der Waals surface area contributed by atoms with E-state index >= 15 is 0 Å². The van der Waals surface area contributed by atoms with E-state index < -0.39 is 11.9 Å². The van der Waals surface area contributed by atoms with E-state index in [-0.39, 0.29) is 12.8 Å². The highest BCUT2D eigenvalue weighted by Gasteiger charge is 2.08. The van der Waals surface area contributed by atoms with Crippen LogP contribution in [-0.2, 0) is 9.59 Å². The number of carboxylic acid groups (broad SMARTS) is 2. The van der Waals surface area contributed by atoms with Gasteiger partial charge in [-0.25, -0.2) is 0 Å². The van der Waals surface area contributed by atoms with E-state index in [4.69, 9.17) is 10.2 Å². The third kappa shape index (κ3) is 9.49. The summed E-state index contributed by atoms with van der Waals surface area (Å²) in [7, 11) is 0. The van der Waals surface area contributed by atoms with Crippen LogP contribution in [0.2, 0.25) is 0 Å². The van der Waals surface area contributed by atoms with E-state index in [1.807, 2.05) is 0 Å². The summed E-state index contributed by atoms with van der Waals surface area (Å²) in [5, 5.41) is 17.0. The van der Waals surface area contributed by atoms with E-state index in [1.54, 1.807) is 0 Å². The van der Waals surface area contributed by atoms with Crippen molar-refractivity contribution in [2.45, 2.75) is 58.3 Å². The Morgan fingerprint density at radius 3 is 1.94 bits per heavy atom. The van der Waals surface area contributed by atoms with Crippen LogP contribution in [0.5, 0.6) is 0 Å². The molecule has 0 aromatic rings. The molecule has 0 aliphatic rings. The van der Waals surface area contributed by atoms with E-state index in [1.165, 1.54) is 0 Å². The van der Waals surface area contributed by atoms with Crippen LogP contribution < -0.4 is 0 Å². The molecule has 0 bridgehead atoms. The monoisotopic (exact) mass is 230 g/mol. The largest absolute Gasteiger partial charge is 0.481 e. The minimum atomic E-state index is -0.737. The predicted octanol–water partition coefficient (Wildman–Crippen LogP) is 2.91. The summed E-state index contributed by atoms with van der Waals surface area (Å²) in [6.45, 7) is 2.10. The molecule has 0 saturated carbocycles. The van der Waals surface area contributed by atoms with Crippen molar-refractivity contribution in [3.05, 3.63) is 0 Å². The summed E-state index contributed by atoms with van der Waals surface area (Å²) in [6.07, 6.45) is 5.87. The minimum Gasteiger partial charge on any atom is -0.481 e. The van der Waals surface area contributed by atoms with Crippen molar-refractivity contribution in [1.29, 1.82) is 0 Å². The lowest BCUT2D eigenvalue weighted by Crippen LogP contribution is -2.02.